The molecule has 1 amide bonds. The van der Waals surface area contributed by atoms with E-state index >= 15 is 0 Å². The molecule has 0 saturated carbocycles. The highest BCUT2D eigenvalue weighted by molar-refractivity contribution is 5.80. The average Bonchev–Trinajstić information content (AvgIpc) is 3.03. The number of H-pyrrole nitrogens is 1. The maximum absolute atomic E-state index is 12.8. The second-order valence-corrected chi connectivity index (χ2v) is 6.56. The zero-order valence-electron chi connectivity index (χ0n) is 13.4. The largest absolute Gasteiger partial charge is 0.374 e. The van der Waals surface area contributed by atoms with Gasteiger partial charge in [-0.05, 0) is 32.6 Å². The van der Waals surface area contributed by atoms with E-state index in [0.29, 0.717) is 13.1 Å². The molecule has 2 fully saturated rings. The third kappa shape index (κ3) is 2.58. The Bertz CT molecular complexity index is 588. The first-order chi connectivity index (χ1) is 10.5. The Labute approximate surface area is 129 Å². The van der Waals surface area contributed by atoms with E-state index in [1.807, 2.05) is 18.7 Å². The van der Waals surface area contributed by atoms with Gasteiger partial charge in [0.05, 0.1) is 18.1 Å². The quantitative estimate of drug-likeness (QED) is 0.876. The van der Waals surface area contributed by atoms with Gasteiger partial charge in [-0.3, -0.25) is 9.36 Å². The third-order valence-corrected chi connectivity index (χ3v) is 5.27. The van der Waals surface area contributed by atoms with Crippen molar-refractivity contribution in [2.75, 3.05) is 13.1 Å². The summed E-state index contributed by atoms with van der Waals surface area (Å²) in [5, 5.41) is 6.19. The molecule has 2 saturated heterocycles. The molecule has 1 aromatic rings. The molecule has 4 unspecified atom stereocenters. The van der Waals surface area contributed by atoms with Gasteiger partial charge in [0.25, 0.3) is 0 Å². The summed E-state index contributed by atoms with van der Waals surface area (Å²) in [6, 6.07) is 0.129. The number of rotatable bonds is 2. The summed E-state index contributed by atoms with van der Waals surface area (Å²) in [5.74, 6) is 0.391. The van der Waals surface area contributed by atoms with Gasteiger partial charge in [-0.15, -0.1) is 0 Å². The van der Waals surface area contributed by atoms with Crippen LogP contribution in [0.2, 0.25) is 0 Å². The first-order valence-electron chi connectivity index (χ1n) is 8.04. The van der Waals surface area contributed by atoms with Crippen molar-refractivity contribution in [2.45, 2.75) is 51.9 Å². The van der Waals surface area contributed by atoms with Crippen LogP contribution in [0.4, 0.5) is 0 Å². The number of hydrogen-bond acceptors (Lipinski definition) is 4. The second-order valence-electron chi connectivity index (χ2n) is 6.56. The van der Waals surface area contributed by atoms with Gasteiger partial charge in [0, 0.05) is 19.1 Å². The third-order valence-electron chi connectivity index (χ3n) is 5.27. The molecule has 7 heteroatoms. The number of likely N-dealkylation sites (tertiary alicyclic amines) is 1. The molecule has 122 valence electrons. The fraction of sp³-hybridized carbons (Fsp3) is 0.800. The van der Waals surface area contributed by atoms with Crippen LogP contribution in [0.3, 0.4) is 0 Å². The summed E-state index contributed by atoms with van der Waals surface area (Å²) in [4.78, 5) is 26.3. The summed E-state index contributed by atoms with van der Waals surface area (Å²) in [5.41, 5.74) is -0.176. The number of nitrogens with one attached hydrogen (secondary N) is 1. The van der Waals surface area contributed by atoms with Gasteiger partial charge in [-0.1, -0.05) is 6.92 Å². The molecule has 2 aliphatic rings. The predicted molar refractivity (Wildman–Crippen MR) is 80.4 cm³/mol. The lowest BCUT2D eigenvalue weighted by Gasteiger charge is -2.34. The van der Waals surface area contributed by atoms with Crippen LogP contribution in [0.1, 0.15) is 39.7 Å². The zero-order chi connectivity index (χ0) is 15.9. The van der Waals surface area contributed by atoms with Crippen LogP contribution in [-0.4, -0.2) is 50.9 Å². The van der Waals surface area contributed by atoms with E-state index in [4.69, 9.17) is 4.74 Å². The van der Waals surface area contributed by atoms with Gasteiger partial charge in [0.15, 0.2) is 0 Å². The van der Waals surface area contributed by atoms with Crippen molar-refractivity contribution in [3.8, 4) is 0 Å². The lowest BCUT2D eigenvalue weighted by molar-refractivity contribution is -0.139. The molecule has 1 N–H and O–H groups in total. The fourth-order valence-electron chi connectivity index (χ4n) is 3.78. The number of amides is 1. The lowest BCUT2D eigenvalue weighted by atomic mass is 9.87. The number of hydrogen-bond donors (Lipinski definition) is 1. The molecule has 0 aromatic carbocycles. The Kier molecular flexibility index (Phi) is 4.08. The van der Waals surface area contributed by atoms with Crippen LogP contribution in [0.25, 0.3) is 0 Å². The number of ether oxygens (including phenoxy) is 1. The van der Waals surface area contributed by atoms with E-state index in [9.17, 15) is 9.59 Å². The van der Waals surface area contributed by atoms with E-state index in [0.717, 1.165) is 12.8 Å². The highest BCUT2D eigenvalue weighted by Gasteiger charge is 2.43. The number of aromatic nitrogens is 3. The molecule has 3 heterocycles. The number of piperidine rings is 1. The van der Waals surface area contributed by atoms with Crippen LogP contribution in [-0.2, 0) is 9.53 Å². The smallest absolute Gasteiger partial charge is 0.343 e. The first kappa shape index (κ1) is 15.3. The van der Waals surface area contributed by atoms with Crippen molar-refractivity contribution in [1.82, 2.24) is 19.7 Å². The molecule has 3 rings (SSSR count). The van der Waals surface area contributed by atoms with Gasteiger partial charge in [0.2, 0.25) is 5.91 Å². The van der Waals surface area contributed by atoms with Crippen molar-refractivity contribution in [3.63, 3.8) is 0 Å². The minimum atomic E-state index is -0.176. The molecule has 0 radical (unpaired) electrons. The molecule has 1 aromatic heterocycles. The monoisotopic (exact) mass is 308 g/mol. The molecule has 0 bridgehead atoms. The number of nitrogens with zero attached hydrogens (tertiary/aromatic N) is 3. The Morgan fingerprint density at radius 1 is 1.27 bits per heavy atom. The summed E-state index contributed by atoms with van der Waals surface area (Å²) in [6.07, 6.45) is 3.23. The van der Waals surface area contributed by atoms with E-state index in [1.54, 1.807) is 10.9 Å². The van der Waals surface area contributed by atoms with Gasteiger partial charge < -0.3 is 9.64 Å². The maximum atomic E-state index is 12.8. The highest BCUT2D eigenvalue weighted by Crippen LogP contribution is 2.34. The molecule has 2 aliphatic heterocycles. The van der Waals surface area contributed by atoms with Crippen molar-refractivity contribution in [3.05, 3.63) is 16.8 Å². The van der Waals surface area contributed by atoms with Crippen molar-refractivity contribution in [1.29, 1.82) is 0 Å². The number of aromatic amines is 1. The molecule has 0 aliphatic carbocycles. The second kappa shape index (κ2) is 5.87. The lowest BCUT2D eigenvalue weighted by Crippen LogP contribution is -2.45. The number of carbonyl (C=O) groups excluding carboxylic acids is 1. The SMILES string of the molecule is CC1OC(C)C(C(=O)N2CCC(n3cn[nH]c3=O)CC2)C1C. The molecular formula is C15H24N4O3. The maximum Gasteiger partial charge on any atom is 0.343 e. The molecule has 22 heavy (non-hydrogen) atoms. The van der Waals surface area contributed by atoms with Crippen LogP contribution in [0.5, 0.6) is 0 Å². The molecular weight excluding hydrogens is 284 g/mol. The van der Waals surface area contributed by atoms with Crippen molar-refractivity contribution in [2.24, 2.45) is 11.8 Å². The first-order valence-corrected chi connectivity index (χ1v) is 8.04. The molecule has 4 atom stereocenters. The molecule has 7 nitrogen and oxygen atoms in total. The Balaban J connectivity index is 1.63. The van der Waals surface area contributed by atoms with E-state index in [2.05, 4.69) is 17.1 Å². The Morgan fingerprint density at radius 2 is 1.95 bits per heavy atom. The fourth-order valence-corrected chi connectivity index (χ4v) is 3.78. The van der Waals surface area contributed by atoms with Crippen LogP contribution < -0.4 is 5.69 Å². The van der Waals surface area contributed by atoms with Crippen molar-refractivity contribution < 1.29 is 9.53 Å². The Morgan fingerprint density at radius 3 is 2.45 bits per heavy atom. The topological polar surface area (TPSA) is 80.2 Å². The van der Waals surface area contributed by atoms with Gasteiger partial charge in [0.1, 0.15) is 6.33 Å². The average molecular weight is 308 g/mol. The summed E-state index contributed by atoms with van der Waals surface area (Å²) >= 11 is 0. The number of carbonyl (C=O) groups is 1. The Hall–Kier alpha value is -1.63. The van der Waals surface area contributed by atoms with E-state index in [-0.39, 0.29) is 41.7 Å². The van der Waals surface area contributed by atoms with Gasteiger partial charge >= 0.3 is 5.69 Å². The normalized spacial score (nSPS) is 33.3. The van der Waals surface area contributed by atoms with Gasteiger partial charge in [-0.2, -0.15) is 5.10 Å². The summed E-state index contributed by atoms with van der Waals surface area (Å²) in [7, 11) is 0. The molecule has 0 spiro atoms. The minimum Gasteiger partial charge on any atom is -0.374 e. The van der Waals surface area contributed by atoms with Crippen LogP contribution in [0.15, 0.2) is 11.1 Å². The summed E-state index contributed by atoms with van der Waals surface area (Å²) in [6.45, 7) is 7.48. The zero-order valence-corrected chi connectivity index (χ0v) is 13.4. The highest BCUT2D eigenvalue weighted by atomic mass is 16.5. The minimum absolute atomic E-state index is 0.0216. The van der Waals surface area contributed by atoms with E-state index < -0.39 is 0 Å². The van der Waals surface area contributed by atoms with E-state index in [1.165, 1.54) is 0 Å². The standard InChI is InChI=1S/C15H24N4O3/c1-9-10(2)22-11(3)13(9)14(20)18-6-4-12(5-7-18)19-8-16-17-15(19)21/h8-13H,4-7H2,1-3H3,(H,17,21). The van der Waals surface area contributed by atoms with Crippen LogP contribution in [0, 0.1) is 11.8 Å². The predicted octanol–water partition coefficient (Wildman–Crippen LogP) is 0.794. The van der Waals surface area contributed by atoms with Crippen molar-refractivity contribution >= 4 is 5.91 Å². The van der Waals surface area contributed by atoms with Crippen LogP contribution >= 0.6 is 0 Å². The summed E-state index contributed by atoms with van der Waals surface area (Å²) < 4.78 is 7.42. The van der Waals surface area contributed by atoms with Gasteiger partial charge in [-0.25, -0.2) is 9.89 Å².